The summed E-state index contributed by atoms with van der Waals surface area (Å²) in [5.41, 5.74) is 1.95. The molecule has 8 nitrogen and oxygen atoms in total. The van der Waals surface area contributed by atoms with Crippen LogP contribution in [0, 0.1) is 0 Å². The van der Waals surface area contributed by atoms with Crippen molar-refractivity contribution in [1.82, 2.24) is 14.5 Å². The molecule has 178 valence electrons. The summed E-state index contributed by atoms with van der Waals surface area (Å²) in [4.78, 5) is 16.6. The number of imidazole rings is 1. The highest BCUT2D eigenvalue weighted by atomic mass is 19.4. The van der Waals surface area contributed by atoms with E-state index in [0.29, 0.717) is 23.0 Å². The largest absolute Gasteiger partial charge is 0.573 e. The highest BCUT2D eigenvalue weighted by Gasteiger charge is 2.30. The summed E-state index contributed by atoms with van der Waals surface area (Å²) >= 11 is 0. The Bertz CT molecular complexity index is 1120. The second-order valence-corrected chi connectivity index (χ2v) is 7.00. The molecule has 0 fully saturated rings. The first kappa shape index (κ1) is 24.5. The maximum atomic E-state index is 12.3. The van der Waals surface area contributed by atoms with E-state index in [2.05, 4.69) is 42.0 Å². The Hall–Kier alpha value is -4.15. The molecule has 0 atom stereocenters. The first-order valence-electron chi connectivity index (χ1n) is 10.3. The standard InChI is InChI=1S/C23H24F3N7O/c1-27-20(15-21(28-2)32-18-4-6-19(7-5-18)34-23(24,25)26)17-8-10-31-22(14-17)30-9-3-12-33-13-11-29-16-33/h4-8,10-11,13-16,32H,2-3,9,12H2,1H3,(H,30,31)/b21-15+,27-20?. The second-order valence-electron chi connectivity index (χ2n) is 7.00. The zero-order chi connectivity index (χ0) is 24.4. The van der Waals surface area contributed by atoms with E-state index in [4.69, 9.17) is 0 Å². The molecule has 34 heavy (non-hydrogen) atoms. The lowest BCUT2D eigenvalue weighted by atomic mass is 10.1. The Morgan fingerprint density at radius 2 is 2.00 bits per heavy atom. The number of pyridine rings is 1. The third kappa shape index (κ3) is 7.76. The van der Waals surface area contributed by atoms with Gasteiger partial charge in [-0.2, -0.15) is 0 Å². The van der Waals surface area contributed by atoms with E-state index in [-0.39, 0.29) is 5.75 Å². The third-order valence-electron chi connectivity index (χ3n) is 4.56. The minimum Gasteiger partial charge on any atom is -0.406 e. The summed E-state index contributed by atoms with van der Waals surface area (Å²) in [5.74, 6) is 0.767. The minimum absolute atomic E-state index is 0.312. The lowest BCUT2D eigenvalue weighted by Gasteiger charge is -2.11. The number of nitrogens with one attached hydrogen (secondary N) is 2. The molecular weight excluding hydrogens is 447 g/mol. The molecule has 0 saturated heterocycles. The third-order valence-corrected chi connectivity index (χ3v) is 4.56. The number of hydrogen-bond acceptors (Lipinski definition) is 7. The summed E-state index contributed by atoms with van der Waals surface area (Å²) in [6.07, 6.45) is 4.96. The first-order chi connectivity index (χ1) is 16.4. The fraction of sp³-hybridized carbons (Fsp3) is 0.217. The summed E-state index contributed by atoms with van der Waals surface area (Å²) in [5, 5.41) is 6.29. The normalized spacial score (nSPS) is 12.4. The topological polar surface area (TPSA) is 88.7 Å². The van der Waals surface area contributed by atoms with Crippen molar-refractivity contribution < 1.29 is 17.9 Å². The van der Waals surface area contributed by atoms with Crippen LogP contribution in [0.5, 0.6) is 5.75 Å². The van der Waals surface area contributed by atoms with Crippen LogP contribution in [0.3, 0.4) is 0 Å². The molecule has 0 radical (unpaired) electrons. The number of anilines is 2. The van der Waals surface area contributed by atoms with Crippen molar-refractivity contribution in [2.75, 3.05) is 24.2 Å². The summed E-state index contributed by atoms with van der Waals surface area (Å²) < 4.78 is 42.9. The molecule has 0 bridgehead atoms. The number of benzene rings is 1. The van der Waals surface area contributed by atoms with Crippen LogP contribution in [-0.4, -0.2) is 46.9 Å². The van der Waals surface area contributed by atoms with Gasteiger partial charge in [-0.1, -0.05) is 0 Å². The fourth-order valence-electron chi connectivity index (χ4n) is 3.00. The predicted molar refractivity (Wildman–Crippen MR) is 126 cm³/mol. The van der Waals surface area contributed by atoms with Crippen LogP contribution in [0.25, 0.3) is 0 Å². The Kier molecular flexibility index (Phi) is 8.38. The van der Waals surface area contributed by atoms with Crippen LogP contribution in [0.15, 0.2) is 83.2 Å². The molecule has 0 amide bonds. The monoisotopic (exact) mass is 471 g/mol. The van der Waals surface area contributed by atoms with E-state index in [1.165, 1.54) is 24.3 Å². The predicted octanol–water partition coefficient (Wildman–Crippen LogP) is 4.75. The van der Waals surface area contributed by atoms with E-state index < -0.39 is 6.36 Å². The number of halogens is 3. The van der Waals surface area contributed by atoms with Gasteiger partial charge < -0.3 is 19.9 Å². The molecule has 1 aromatic carbocycles. The van der Waals surface area contributed by atoms with Gasteiger partial charge in [-0.05, 0) is 49.5 Å². The fourth-order valence-corrected chi connectivity index (χ4v) is 3.00. The van der Waals surface area contributed by atoms with Gasteiger partial charge >= 0.3 is 6.36 Å². The van der Waals surface area contributed by atoms with Gasteiger partial charge in [0.05, 0.1) is 12.0 Å². The lowest BCUT2D eigenvalue weighted by Crippen LogP contribution is -2.17. The minimum atomic E-state index is -4.74. The zero-order valence-electron chi connectivity index (χ0n) is 18.5. The summed E-state index contributed by atoms with van der Waals surface area (Å²) in [7, 11) is 1.65. The maximum Gasteiger partial charge on any atom is 0.573 e. The van der Waals surface area contributed by atoms with E-state index in [9.17, 15) is 13.2 Å². The molecule has 2 heterocycles. The Balaban J connectivity index is 1.63. The number of hydrogen-bond donors (Lipinski definition) is 2. The van der Waals surface area contributed by atoms with E-state index in [0.717, 1.165) is 25.1 Å². The van der Waals surface area contributed by atoms with Crippen LogP contribution in [0.1, 0.15) is 12.0 Å². The quantitative estimate of drug-likeness (QED) is 0.311. The Morgan fingerprint density at radius 1 is 1.21 bits per heavy atom. The van der Waals surface area contributed by atoms with Gasteiger partial charge in [0.15, 0.2) is 0 Å². The van der Waals surface area contributed by atoms with Crippen molar-refractivity contribution in [3.05, 3.63) is 78.8 Å². The molecule has 0 saturated carbocycles. The number of rotatable bonds is 11. The van der Waals surface area contributed by atoms with Crippen LogP contribution in [-0.2, 0) is 6.54 Å². The van der Waals surface area contributed by atoms with Gasteiger partial charge in [-0.3, -0.25) is 4.99 Å². The van der Waals surface area contributed by atoms with Crippen LogP contribution >= 0.6 is 0 Å². The van der Waals surface area contributed by atoms with E-state index >= 15 is 0 Å². The van der Waals surface area contributed by atoms with Crippen LogP contribution in [0.4, 0.5) is 24.7 Å². The average Bonchev–Trinajstić information content (AvgIpc) is 3.33. The second kappa shape index (κ2) is 11.6. The van der Waals surface area contributed by atoms with E-state index in [1.807, 2.05) is 22.9 Å². The van der Waals surface area contributed by atoms with Crippen molar-refractivity contribution in [2.24, 2.45) is 9.98 Å². The van der Waals surface area contributed by atoms with Gasteiger partial charge in [-0.15, -0.1) is 13.2 Å². The van der Waals surface area contributed by atoms with Crippen LogP contribution in [0.2, 0.25) is 0 Å². The van der Waals surface area contributed by atoms with Crippen molar-refractivity contribution in [2.45, 2.75) is 19.3 Å². The molecule has 3 aromatic rings. The number of aryl methyl sites for hydroxylation is 1. The molecule has 0 aliphatic heterocycles. The molecule has 3 rings (SSSR count). The molecule has 11 heteroatoms. The number of allylic oxidation sites excluding steroid dienone is 1. The molecule has 0 aliphatic carbocycles. The van der Waals surface area contributed by atoms with Gasteiger partial charge in [-0.25, -0.2) is 15.0 Å². The summed E-state index contributed by atoms with van der Waals surface area (Å²) in [6, 6.07) is 9.00. The van der Waals surface area contributed by atoms with Gasteiger partial charge in [0.1, 0.15) is 17.4 Å². The molecule has 0 spiro atoms. The van der Waals surface area contributed by atoms with Gasteiger partial charge in [0, 0.05) is 56.1 Å². The highest BCUT2D eigenvalue weighted by molar-refractivity contribution is 6.09. The van der Waals surface area contributed by atoms with E-state index in [1.54, 1.807) is 31.8 Å². The molecule has 0 unspecified atom stereocenters. The average molecular weight is 471 g/mol. The van der Waals surface area contributed by atoms with Crippen molar-refractivity contribution in [1.29, 1.82) is 0 Å². The van der Waals surface area contributed by atoms with Gasteiger partial charge in [0.25, 0.3) is 0 Å². The zero-order valence-corrected chi connectivity index (χ0v) is 18.5. The Morgan fingerprint density at radius 3 is 2.65 bits per heavy atom. The maximum absolute atomic E-state index is 12.3. The lowest BCUT2D eigenvalue weighted by molar-refractivity contribution is -0.274. The molecular formula is C23H24F3N7O. The van der Waals surface area contributed by atoms with Crippen molar-refractivity contribution in [3.63, 3.8) is 0 Å². The molecule has 0 aliphatic rings. The molecule has 2 aromatic heterocycles. The highest BCUT2D eigenvalue weighted by Crippen LogP contribution is 2.24. The van der Waals surface area contributed by atoms with Crippen molar-refractivity contribution in [3.8, 4) is 5.75 Å². The number of nitrogens with zero attached hydrogens (tertiary/aromatic N) is 5. The first-order valence-corrected chi connectivity index (χ1v) is 10.3. The number of aromatic nitrogens is 3. The smallest absolute Gasteiger partial charge is 0.406 e. The summed E-state index contributed by atoms with van der Waals surface area (Å²) in [6.45, 7) is 5.13. The number of ether oxygens (including phenoxy) is 1. The SMILES string of the molecule is C=N/C(=C\C(=NC)c1ccnc(NCCCn2ccnc2)c1)Nc1ccc(OC(F)(F)F)cc1. The molecule has 2 N–H and O–H groups in total. The number of aliphatic imine (C=N–C) groups is 2. The number of alkyl halides is 3. The van der Waals surface area contributed by atoms with Crippen LogP contribution < -0.4 is 15.4 Å². The van der Waals surface area contributed by atoms with Gasteiger partial charge in [0.2, 0.25) is 0 Å². The Labute approximate surface area is 194 Å². The van der Waals surface area contributed by atoms with Crippen molar-refractivity contribution >= 4 is 23.9 Å².